The van der Waals surface area contributed by atoms with Crippen LogP contribution < -0.4 is 10.9 Å². The molecule has 1 amide bonds. The molecule has 0 radical (unpaired) electrons. The van der Waals surface area contributed by atoms with E-state index in [2.05, 4.69) is 10.3 Å². The van der Waals surface area contributed by atoms with E-state index < -0.39 is 11.7 Å². The second kappa shape index (κ2) is 6.69. The lowest BCUT2D eigenvalue weighted by Crippen LogP contribution is -2.27. The summed E-state index contributed by atoms with van der Waals surface area (Å²) >= 11 is 5.88. The first-order chi connectivity index (χ1) is 11.9. The number of H-pyrrole nitrogens is 1. The molecule has 0 aliphatic heterocycles. The summed E-state index contributed by atoms with van der Waals surface area (Å²) in [6.07, 6.45) is 0. The van der Waals surface area contributed by atoms with Gasteiger partial charge in [-0.05, 0) is 49.2 Å². The molecule has 25 heavy (non-hydrogen) atoms. The second-order valence-electron chi connectivity index (χ2n) is 5.95. The minimum Gasteiger partial charge on any atom is -0.348 e. The number of nitrogens with one attached hydrogen (secondary N) is 2. The maximum atomic E-state index is 13.8. The Labute approximate surface area is 148 Å². The zero-order valence-electron chi connectivity index (χ0n) is 13.7. The highest BCUT2D eigenvalue weighted by atomic mass is 35.5. The SMILES string of the molecule is Cc1cc(C)c2cc(CNC(=O)c3c(F)cccc3Cl)c(=O)[nH]c2c1. The molecule has 0 saturated carbocycles. The summed E-state index contributed by atoms with van der Waals surface area (Å²) in [6, 6.07) is 9.68. The Balaban J connectivity index is 1.90. The van der Waals surface area contributed by atoms with Crippen LogP contribution in [-0.2, 0) is 6.54 Å². The number of carbonyl (C=O) groups excluding carboxylic acids is 1. The van der Waals surface area contributed by atoms with Crippen LogP contribution >= 0.6 is 11.6 Å². The molecule has 2 aromatic carbocycles. The molecule has 3 rings (SSSR count). The van der Waals surface area contributed by atoms with Crippen LogP contribution in [-0.4, -0.2) is 10.9 Å². The van der Waals surface area contributed by atoms with Gasteiger partial charge in [0, 0.05) is 23.0 Å². The zero-order chi connectivity index (χ0) is 18.1. The molecule has 128 valence electrons. The maximum Gasteiger partial charge on any atom is 0.256 e. The molecule has 0 bridgehead atoms. The van der Waals surface area contributed by atoms with Gasteiger partial charge in [-0.1, -0.05) is 23.7 Å². The van der Waals surface area contributed by atoms with Crippen molar-refractivity contribution in [1.82, 2.24) is 10.3 Å². The lowest BCUT2D eigenvalue weighted by Gasteiger charge is -2.09. The van der Waals surface area contributed by atoms with Crippen molar-refractivity contribution in [2.24, 2.45) is 0 Å². The van der Waals surface area contributed by atoms with Crippen molar-refractivity contribution in [3.05, 3.63) is 79.8 Å². The van der Waals surface area contributed by atoms with E-state index in [1.807, 2.05) is 26.0 Å². The third-order valence-corrected chi connectivity index (χ3v) is 4.33. The summed E-state index contributed by atoms with van der Waals surface area (Å²) in [5, 5.41) is 3.48. The van der Waals surface area contributed by atoms with E-state index in [0.717, 1.165) is 28.1 Å². The molecule has 0 spiro atoms. The van der Waals surface area contributed by atoms with Gasteiger partial charge in [0.15, 0.2) is 0 Å². The fourth-order valence-corrected chi connectivity index (χ4v) is 3.07. The first-order valence-electron chi connectivity index (χ1n) is 7.72. The number of aromatic nitrogens is 1. The average Bonchev–Trinajstić information content (AvgIpc) is 2.52. The summed E-state index contributed by atoms with van der Waals surface area (Å²) < 4.78 is 13.8. The monoisotopic (exact) mass is 358 g/mol. The standard InChI is InChI=1S/C19H16ClFN2O2/c1-10-6-11(2)13-8-12(18(24)23-16(13)7-10)9-22-19(25)17-14(20)4-3-5-15(17)21/h3-8H,9H2,1-2H3,(H,22,25)(H,23,24). The Morgan fingerprint density at radius 3 is 2.72 bits per heavy atom. The molecule has 0 fully saturated rings. The van der Waals surface area contributed by atoms with Gasteiger partial charge in [0.25, 0.3) is 11.5 Å². The molecule has 3 aromatic rings. The quantitative estimate of drug-likeness (QED) is 0.746. The second-order valence-corrected chi connectivity index (χ2v) is 6.35. The Kier molecular flexibility index (Phi) is 4.59. The van der Waals surface area contributed by atoms with Gasteiger partial charge in [-0.3, -0.25) is 9.59 Å². The lowest BCUT2D eigenvalue weighted by atomic mass is 10.0. The minimum absolute atomic E-state index is 0.0243. The molecule has 2 N–H and O–H groups in total. The molecule has 0 aliphatic rings. The van der Waals surface area contributed by atoms with E-state index in [-0.39, 0.29) is 22.7 Å². The Bertz CT molecular complexity index is 1020. The number of aromatic amines is 1. The number of hydrogen-bond acceptors (Lipinski definition) is 2. The number of hydrogen-bond donors (Lipinski definition) is 2. The number of amides is 1. The van der Waals surface area contributed by atoms with Gasteiger partial charge in [0.1, 0.15) is 5.82 Å². The van der Waals surface area contributed by atoms with Crippen LogP contribution in [0.25, 0.3) is 10.9 Å². The summed E-state index contributed by atoms with van der Waals surface area (Å²) in [5.41, 5.74) is 2.69. The van der Waals surface area contributed by atoms with Crippen molar-refractivity contribution in [2.45, 2.75) is 20.4 Å². The third kappa shape index (κ3) is 3.42. The van der Waals surface area contributed by atoms with Crippen LogP contribution in [0.4, 0.5) is 4.39 Å². The van der Waals surface area contributed by atoms with Crippen LogP contribution in [0.15, 0.2) is 41.2 Å². The normalized spacial score (nSPS) is 10.9. The molecule has 0 atom stereocenters. The molecular formula is C19H16ClFN2O2. The highest BCUT2D eigenvalue weighted by Gasteiger charge is 2.16. The van der Waals surface area contributed by atoms with E-state index in [1.165, 1.54) is 12.1 Å². The van der Waals surface area contributed by atoms with E-state index in [4.69, 9.17) is 11.6 Å². The number of pyridine rings is 1. The predicted molar refractivity (Wildman–Crippen MR) is 96.6 cm³/mol. The Morgan fingerprint density at radius 2 is 2.00 bits per heavy atom. The fourth-order valence-electron chi connectivity index (χ4n) is 2.83. The highest BCUT2D eigenvalue weighted by Crippen LogP contribution is 2.20. The number of fused-ring (bicyclic) bond motifs is 1. The largest absolute Gasteiger partial charge is 0.348 e. The lowest BCUT2D eigenvalue weighted by molar-refractivity contribution is 0.0947. The minimum atomic E-state index is -0.705. The molecular weight excluding hydrogens is 343 g/mol. The van der Waals surface area contributed by atoms with Crippen molar-refractivity contribution < 1.29 is 9.18 Å². The van der Waals surface area contributed by atoms with Gasteiger partial charge < -0.3 is 10.3 Å². The number of benzene rings is 2. The van der Waals surface area contributed by atoms with Gasteiger partial charge in [0.05, 0.1) is 10.6 Å². The van der Waals surface area contributed by atoms with Gasteiger partial charge in [-0.2, -0.15) is 0 Å². The van der Waals surface area contributed by atoms with Crippen molar-refractivity contribution >= 4 is 28.4 Å². The van der Waals surface area contributed by atoms with Crippen molar-refractivity contribution in [2.75, 3.05) is 0 Å². The number of aryl methyl sites for hydroxylation is 2. The van der Waals surface area contributed by atoms with Crippen LogP contribution in [0.5, 0.6) is 0 Å². The smallest absolute Gasteiger partial charge is 0.256 e. The number of carbonyl (C=O) groups is 1. The van der Waals surface area contributed by atoms with Crippen LogP contribution in [0.1, 0.15) is 27.0 Å². The first-order valence-corrected chi connectivity index (χ1v) is 8.10. The van der Waals surface area contributed by atoms with E-state index in [1.54, 1.807) is 6.07 Å². The molecule has 6 heteroatoms. The summed E-state index contributed by atoms with van der Waals surface area (Å²) in [4.78, 5) is 27.2. The van der Waals surface area contributed by atoms with Crippen LogP contribution in [0, 0.1) is 19.7 Å². The summed E-state index contributed by atoms with van der Waals surface area (Å²) in [6.45, 7) is 3.88. The van der Waals surface area contributed by atoms with E-state index >= 15 is 0 Å². The average molecular weight is 359 g/mol. The molecule has 4 nitrogen and oxygen atoms in total. The molecule has 0 aliphatic carbocycles. The third-order valence-electron chi connectivity index (χ3n) is 4.02. The first kappa shape index (κ1) is 17.2. The topological polar surface area (TPSA) is 62.0 Å². The summed E-state index contributed by atoms with van der Waals surface area (Å²) in [5.74, 6) is -1.37. The zero-order valence-corrected chi connectivity index (χ0v) is 14.5. The predicted octanol–water partition coefficient (Wildman–Crippen LogP) is 3.87. The van der Waals surface area contributed by atoms with Gasteiger partial charge in [-0.25, -0.2) is 4.39 Å². The van der Waals surface area contributed by atoms with Gasteiger partial charge >= 0.3 is 0 Å². The van der Waals surface area contributed by atoms with Crippen molar-refractivity contribution in [3.8, 4) is 0 Å². The molecule has 1 heterocycles. The molecule has 1 aromatic heterocycles. The Hall–Kier alpha value is -2.66. The van der Waals surface area contributed by atoms with Crippen molar-refractivity contribution in [3.63, 3.8) is 0 Å². The summed E-state index contributed by atoms with van der Waals surface area (Å²) in [7, 11) is 0. The van der Waals surface area contributed by atoms with Gasteiger partial charge in [-0.15, -0.1) is 0 Å². The highest BCUT2D eigenvalue weighted by molar-refractivity contribution is 6.33. The van der Waals surface area contributed by atoms with E-state index in [0.29, 0.717) is 5.56 Å². The van der Waals surface area contributed by atoms with Gasteiger partial charge in [0.2, 0.25) is 0 Å². The van der Waals surface area contributed by atoms with Crippen LogP contribution in [0.2, 0.25) is 5.02 Å². The Morgan fingerprint density at radius 1 is 1.24 bits per heavy atom. The molecule has 0 unspecified atom stereocenters. The molecule has 0 saturated heterocycles. The fraction of sp³-hybridized carbons (Fsp3) is 0.158. The van der Waals surface area contributed by atoms with Crippen molar-refractivity contribution in [1.29, 1.82) is 0 Å². The number of rotatable bonds is 3. The van der Waals surface area contributed by atoms with E-state index in [9.17, 15) is 14.0 Å². The maximum absolute atomic E-state index is 13.8. The van der Waals surface area contributed by atoms with Crippen LogP contribution in [0.3, 0.4) is 0 Å². The number of halogens is 2.